The molecule has 146 valence electrons. The van der Waals surface area contributed by atoms with Crippen molar-refractivity contribution in [1.82, 2.24) is 10.6 Å². The zero-order chi connectivity index (χ0) is 18.6. The van der Waals surface area contributed by atoms with E-state index in [-0.39, 0.29) is 0 Å². The summed E-state index contributed by atoms with van der Waals surface area (Å²) >= 11 is 0. The van der Waals surface area contributed by atoms with Crippen molar-refractivity contribution in [2.24, 2.45) is 0 Å². The highest BCUT2D eigenvalue weighted by Crippen LogP contribution is 2.18. The van der Waals surface area contributed by atoms with Crippen molar-refractivity contribution < 1.29 is 14.2 Å². The molecule has 1 fully saturated rings. The largest absolute Gasteiger partial charge is 0.491 e. The minimum atomic E-state index is 0.446. The van der Waals surface area contributed by atoms with Crippen molar-refractivity contribution in [2.45, 2.75) is 32.0 Å². The number of nitrogens with one attached hydrogen (secondary N) is 2. The highest BCUT2D eigenvalue weighted by molar-refractivity contribution is 5.31. The minimum absolute atomic E-state index is 0.446. The third-order valence-corrected chi connectivity index (χ3v) is 4.52. The topological polar surface area (TPSA) is 51.8 Å². The van der Waals surface area contributed by atoms with E-state index in [0.29, 0.717) is 32.6 Å². The molecule has 1 atom stereocenters. The summed E-state index contributed by atoms with van der Waals surface area (Å²) in [5.41, 5.74) is 1.16. The fourth-order valence-corrected chi connectivity index (χ4v) is 3.02. The van der Waals surface area contributed by atoms with Crippen LogP contribution in [-0.2, 0) is 11.3 Å². The maximum atomic E-state index is 5.77. The van der Waals surface area contributed by atoms with Crippen LogP contribution in [0.15, 0.2) is 54.6 Å². The monoisotopic (exact) mass is 370 g/mol. The zero-order valence-corrected chi connectivity index (χ0v) is 15.9. The molecule has 1 heterocycles. The van der Waals surface area contributed by atoms with Crippen LogP contribution in [0.4, 0.5) is 0 Å². The Labute approximate surface area is 162 Å². The quantitative estimate of drug-likeness (QED) is 0.594. The molecule has 0 saturated carbocycles. The van der Waals surface area contributed by atoms with Crippen molar-refractivity contribution in [3.8, 4) is 11.5 Å². The molecule has 27 heavy (non-hydrogen) atoms. The molecule has 5 nitrogen and oxygen atoms in total. The normalized spacial score (nSPS) is 16.8. The fourth-order valence-electron chi connectivity index (χ4n) is 3.02. The van der Waals surface area contributed by atoms with Crippen molar-refractivity contribution in [1.29, 1.82) is 0 Å². The number of ether oxygens (including phenoxy) is 3. The highest BCUT2D eigenvalue weighted by Gasteiger charge is 2.10. The number of hydrogen-bond acceptors (Lipinski definition) is 5. The standard InChI is InChI=1S/C22H30N2O3/c1-2-6-19(7-3-1)18-27-21-11-9-20(10-12-21)26-17-16-25-15-14-24-22-8-4-5-13-23-22/h1-3,6-7,9-12,22-24H,4-5,8,13-18H2. The number of piperidine rings is 1. The Morgan fingerprint density at radius 3 is 2.37 bits per heavy atom. The van der Waals surface area contributed by atoms with Gasteiger partial charge in [0.2, 0.25) is 0 Å². The van der Waals surface area contributed by atoms with Gasteiger partial charge in [-0.1, -0.05) is 30.3 Å². The lowest BCUT2D eigenvalue weighted by atomic mass is 10.1. The van der Waals surface area contributed by atoms with Crippen LogP contribution < -0.4 is 20.1 Å². The molecule has 2 aromatic carbocycles. The molecule has 0 spiro atoms. The van der Waals surface area contributed by atoms with Gasteiger partial charge in [-0.25, -0.2) is 0 Å². The van der Waals surface area contributed by atoms with E-state index in [2.05, 4.69) is 22.8 Å². The van der Waals surface area contributed by atoms with Gasteiger partial charge < -0.3 is 19.5 Å². The van der Waals surface area contributed by atoms with Gasteiger partial charge in [-0.2, -0.15) is 0 Å². The fraction of sp³-hybridized carbons (Fsp3) is 0.455. The lowest BCUT2D eigenvalue weighted by molar-refractivity contribution is 0.0987. The van der Waals surface area contributed by atoms with Crippen molar-refractivity contribution in [3.05, 3.63) is 60.2 Å². The van der Waals surface area contributed by atoms with E-state index < -0.39 is 0 Å². The summed E-state index contributed by atoms with van der Waals surface area (Å²) in [4.78, 5) is 0. The van der Waals surface area contributed by atoms with E-state index in [1.807, 2.05) is 42.5 Å². The molecule has 2 aromatic rings. The third kappa shape index (κ3) is 7.59. The van der Waals surface area contributed by atoms with E-state index in [0.717, 1.165) is 30.2 Å². The lowest BCUT2D eigenvalue weighted by Gasteiger charge is -2.24. The molecular formula is C22H30N2O3. The first-order valence-electron chi connectivity index (χ1n) is 9.84. The van der Waals surface area contributed by atoms with E-state index in [9.17, 15) is 0 Å². The summed E-state index contributed by atoms with van der Waals surface area (Å²) in [7, 11) is 0. The highest BCUT2D eigenvalue weighted by atomic mass is 16.5. The van der Waals surface area contributed by atoms with Crippen LogP contribution in [0.25, 0.3) is 0 Å². The zero-order valence-electron chi connectivity index (χ0n) is 15.9. The van der Waals surface area contributed by atoms with Gasteiger partial charge in [0.25, 0.3) is 0 Å². The Balaban J connectivity index is 1.23. The molecular weight excluding hydrogens is 340 g/mol. The average molecular weight is 370 g/mol. The molecule has 1 aliphatic heterocycles. The van der Waals surface area contributed by atoms with Crippen molar-refractivity contribution in [3.63, 3.8) is 0 Å². The van der Waals surface area contributed by atoms with E-state index in [1.165, 1.54) is 19.3 Å². The molecule has 0 aliphatic carbocycles. The number of hydrogen-bond donors (Lipinski definition) is 2. The van der Waals surface area contributed by atoms with Crippen molar-refractivity contribution in [2.75, 3.05) is 32.9 Å². The van der Waals surface area contributed by atoms with Crippen LogP contribution in [0.5, 0.6) is 11.5 Å². The molecule has 5 heteroatoms. The van der Waals surface area contributed by atoms with Gasteiger partial charge in [0, 0.05) is 6.54 Å². The summed E-state index contributed by atoms with van der Waals surface area (Å²) < 4.78 is 17.1. The van der Waals surface area contributed by atoms with Crippen LogP contribution in [0.1, 0.15) is 24.8 Å². The predicted octanol–water partition coefficient (Wildman–Crippen LogP) is 3.35. The Kier molecular flexibility index (Phi) is 8.45. The molecule has 1 unspecified atom stereocenters. The Bertz CT molecular complexity index is 628. The van der Waals surface area contributed by atoms with Crippen LogP contribution in [-0.4, -0.2) is 39.1 Å². The summed E-state index contributed by atoms with van der Waals surface area (Å²) in [6.07, 6.45) is 4.23. The molecule has 3 rings (SSSR count). The summed E-state index contributed by atoms with van der Waals surface area (Å²) in [6.45, 7) is 4.39. The maximum Gasteiger partial charge on any atom is 0.120 e. The van der Waals surface area contributed by atoms with Gasteiger partial charge in [-0.3, -0.25) is 5.32 Å². The third-order valence-electron chi connectivity index (χ3n) is 4.52. The first kappa shape index (κ1) is 19.7. The lowest BCUT2D eigenvalue weighted by Crippen LogP contribution is -2.46. The molecule has 0 radical (unpaired) electrons. The Hall–Kier alpha value is -2.08. The Morgan fingerprint density at radius 2 is 1.63 bits per heavy atom. The van der Waals surface area contributed by atoms with Gasteiger partial charge in [-0.05, 0) is 55.6 Å². The Morgan fingerprint density at radius 1 is 0.852 bits per heavy atom. The molecule has 0 aromatic heterocycles. The number of benzene rings is 2. The van der Waals surface area contributed by atoms with Crippen LogP contribution in [0.3, 0.4) is 0 Å². The second kappa shape index (κ2) is 11.6. The first-order chi connectivity index (χ1) is 13.4. The molecule has 0 amide bonds. The maximum absolute atomic E-state index is 5.77. The summed E-state index contributed by atoms with van der Waals surface area (Å²) in [5.74, 6) is 1.67. The van der Waals surface area contributed by atoms with Gasteiger partial charge in [0.05, 0.1) is 19.4 Å². The van der Waals surface area contributed by atoms with Crippen LogP contribution in [0, 0.1) is 0 Å². The van der Waals surface area contributed by atoms with Crippen molar-refractivity contribution >= 4 is 0 Å². The van der Waals surface area contributed by atoms with Gasteiger partial charge in [-0.15, -0.1) is 0 Å². The molecule has 0 bridgehead atoms. The smallest absolute Gasteiger partial charge is 0.120 e. The number of rotatable bonds is 11. The summed E-state index contributed by atoms with van der Waals surface area (Å²) in [5, 5.41) is 6.93. The summed E-state index contributed by atoms with van der Waals surface area (Å²) in [6, 6.07) is 17.9. The van der Waals surface area contributed by atoms with Gasteiger partial charge in [0.15, 0.2) is 0 Å². The van der Waals surface area contributed by atoms with Gasteiger partial charge >= 0.3 is 0 Å². The average Bonchev–Trinajstić information content (AvgIpc) is 2.74. The van der Waals surface area contributed by atoms with E-state index >= 15 is 0 Å². The molecule has 2 N–H and O–H groups in total. The van der Waals surface area contributed by atoms with Gasteiger partial charge in [0.1, 0.15) is 24.7 Å². The molecule has 1 aliphatic rings. The van der Waals surface area contributed by atoms with E-state index in [1.54, 1.807) is 0 Å². The molecule has 1 saturated heterocycles. The predicted molar refractivity (Wildman–Crippen MR) is 107 cm³/mol. The van der Waals surface area contributed by atoms with E-state index in [4.69, 9.17) is 14.2 Å². The minimum Gasteiger partial charge on any atom is -0.491 e. The van der Waals surface area contributed by atoms with Crippen LogP contribution >= 0.6 is 0 Å². The van der Waals surface area contributed by atoms with Crippen LogP contribution in [0.2, 0.25) is 0 Å². The SMILES string of the molecule is c1ccc(COc2ccc(OCCOCCNC3CCCCN3)cc2)cc1. The second-order valence-corrected chi connectivity index (χ2v) is 6.66. The first-order valence-corrected chi connectivity index (χ1v) is 9.84. The second-order valence-electron chi connectivity index (χ2n) is 6.66.